The van der Waals surface area contributed by atoms with Crippen LogP contribution in [0.2, 0.25) is 0 Å². The molecule has 2 atom stereocenters. The van der Waals surface area contributed by atoms with E-state index in [4.69, 9.17) is 24.5 Å². The van der Waals surface area contributed by atoms with E-state index in [-0.39, 0.29) is 0 Å². The van der Waals surface area contributed by atoms with Gasteiger partial charge < -0.3 is 19.8 Å². The first-order chi connectivity index (χ1) is 10.5. The van der Waals surface area contributed by atoms with Crippen molar-refractivity contribution in [3.05, 3.63) is 23.8 Å². The summed E-state index contributed by atoms with van der Waals surface area (Å²) in [5, 5.41) is 14.8. The van der Waals surface area contributed by atoms with E-state index < -0.39 is 11.9 Å². The van der Waals surface area contributed by atoms with Gasteiger partial charge in [0.25, 0.3) is 0 Å². The second-order valence-electron chi connectivity index (χ2n) is 5.91. The molecule has 3 fully saturated rings. The second-order valence-corrected chi connectivity index (χ2v) is 5.91. The Balaban J connectivity index is 0.000000254. The Morgan fingerprint density at radius 2 is 1.86 bits per heavy atom. The molecule has 4 aliphatic rings. The number of allylic oxidation sites excluding steroid dienone is 2. The molecule has 2 unspecified atom stereocenters. The van der Waals surface area contributed by atoms with Gasteiger partial charge in [-0.2, -0.15) is 0 Å². The Kier molecular flexibility index (Phi) is 5.74. The summed E-state index contributed by atoms with van der Waals surface area (Å²) in [5.41, 5.74) is 1.56. The first-order valence-electron chi connectivity index (χ1n) is 7.61. The number of piperidine rings is 3. The van der Waals surface area contributed by atoms with Gasteiger partial charge in [0.1, 0.15) is 0 Å². The molecule has 2 N–H and O–H groups in total. The van der Waals surface area contributed by atoms with Crippen LogP contribution in [0.1, 0.15) is 19.3 Å². The monoisotopic (exact) mass is 309 g/mol. The van der Waals surface area contributed by atoms with E-state index >= 15 is 0 Å². The minimum Gasteiger partial charge on any atom is -0.473 e. The highest BCUT2D eigenvalue weighted by Crippen LogP contribution is 2.39. The fourth-order valence-electron chi connectivity index (χ4n) is 3.56. The average molecular weight is 309 g/mol. The first-order valence-corrected chi connectivity index (χ1v) is 7.61. The van der Waals surface area contributed by atoms with Crippen LogP contribution in [0.3, 0.4) is 0 Å². The number of fused-ring (bicyclic) bond motifs is 3. The van der Waals surface area contributed by atoms with Crippen LogP contribution in [-0.2, 0) is 14.3 Å². The number of methoxy groups -OCH3 is 1. The van der Waals surface area contributed by atoms with Gasteiger partial charge in [-0.05, 0) is 49.8 Å². The van der Waals surface area contributed by atoms with Gasteiger partial charge in [0.05, 0.1) is 6.10 Å². The normalized spacial score (nSPS) is 32.7. The number of hydrogen-bond acceptors (Lipinski definition) is 4. The van der Waals surface area contributed by atoms with E-state index in [1.165, 1.54) is 32.5 Å². The van der Waals surface area contributed by atoms with Crippen molar-refractivity contribution < 1.29 is 24.5 Å². The van der Waals surface area contributed by atoms with Crippen molar-refractivity contribution in [2.24, 2.45) is 11.8 Å². The number of hydrogen-bond donors (Lipinski definition) is 2. The molecule has 22 heavy (non-hydrogen) atoms. The summed E-state index contributed by atoms with van der Waals surface area (Å²) in [6.07, 6.45) is 10.9. The van der Waals surface area contributed by atoms with E-state index in [0.29, 0.717) is 6.10 Å². The molecular weight excluding hydrogens is 286 g/mol. The molecule has 122 valence electrons. The average Bonchev–Trinajstić information content (AvgIpc) is 2.56. The van der Waals surface area contributed by atoms with Crippen molar-refractivity contribution in [3.63, 3.8) is 0 Å². The molecule has 0 amide bonds. The Morgan fingerprint density at radius 1 is 1.23 bits per heavy atom. The predicted octanol–water partition coefficient (Wildman–Crippen LogP) is 1.39. The van der Waals surface area contributed by atoms with Crippen LogP contribution in [0.15, 0.2) is 23.8 Å². The molecular formula is C16H23NO5. The molecule has 0 saturated carbocycles. The summed E-state index contributed by atoms with van der Waals surface area (Å²) in [5.74, 6) is -1.97. The highest BCUT2D eigenvalue weighted by Gasteiger charge is 2.38. The number of ether oxygens (including phenoxy) is 1. The highest BCUT2D eigenvalue weighted by molar-refractivity contribution is 6.27. The molecule has 0 spiro atoms. The second kappa shape index (κ2) is 7.56. The van der Waals surface area contributed by atoms with Gasteiger partial charge in [0, 0.05) is 13.7 Å². The molecule has 0 aromatic carbocycles. The van der Waals surface area contributed by atoms with Crippen LogP contribution in [0.4, 0.5) is 0 Å². The highest BCUT2D eigenvalue weighted by atomic mass is 16.5. The van der Waals surface area contributed by atoms with Gasteiger partial charge >= 0.3 is 11.9 Å². The zero-order chi connectivity index (χ0) is 16.1. The zero-order valence-electron chi connectivity index (χ0n) is 12.8. The summed E-state index contributed by atoms with van der Waals surface area (Å²) in [7, 11) is 1.85. The van der Waals surface area contributed by atoms with Crippen LogP contribution in [0, 0.1) is 11.8 Å². The molecule has 3 saturated heterocycles. The minimum atomic E-state index is -1.82. The van der Waals surface area contributed by atoms with E-state index in [1.54, 1.807) is 5.57 Å². The molecule has 2 bridgehead atoms. The number of carboxylic acid groups (broad SMARTS) is 2. The van der Waals surface area contributed by atoms with Gasteiger partial charge in [-0.1, -0.05) is 18.2 Å². The number of nitrogens with zero attached hydrogens (tertiary/aromatic N) is 1. The van der Waals surface area contributed by atoms with E-state index in [1.807, 2.05) is 7.11 Å². The van der Waals surface area contributed by atoms with Crippen LogP contribution < -0.4 is 0 Å². The lowest BCUT2D eigenvalue weighted by molar-refractivity contribution is -0.159. The lowest BCUT2D eigenvalue weighted by Crippen LogP contribution is -2.49. The maximum atomic E-state index is 9.10. The van der Waals surface area contributed by atoms with E-state index in [2.05, 4.69) is 23.1 Å². The van der Waals surface area contributed by atoms with Gasteiger partial charge in [-0.25, -0.2) is 9.59 Å². The van der Waals surface area contributed by atoms with Crippen molar-refractivity contribution in [3.8, 4) is 0 Å². The Labute approximate surface area is 130 Å². The van der Waals surface area contributed by atoms with E-state index in [0.717, 1.165) is 18.3 Å². The topological polar surface area (TPSA) is 87.1 Å². The summed E-state index contributed by atoms with van der Waals surface area (Å²) in [6, 6.07) is 0. The van der Waals surface area contributed by atoms with Crippen LogP contribution >= 0.6 is 0 Å². The van der Waals surface area contributed by atoms with Crippen molar-refractivity contribution in [2.45, 2.75) is 25.4 Å². The zero-order valence-corrected chi connectivity index (χ0v) is 12.8. The fraction of sp³-hybridized carbons (Fsp3) is 0.625. The van der Waals surface area contributed by atoms with Crippen LogP contribution in [0.25, 0.3) is 0 Å². The molecule has 6 heteroatoms. The van der Waals surface area contributed by atoms with Crippen LogP contribution in [-0.4, -0.2) is 59.9 Å². The molecule has 3 heterocycles. The summed E-state index contributed by atoms with van der Waals surface area (Å²) in [4.78, 5) is 20.8. The van der Waals surface area contributed by atoms with Crippen molar-refractivity contribution in [2.75, 3.05) is 26.7 Å². The third kappa shape index (κ3) is 3.96. The molecule has 0 aromatic rings. The molecule has 0 radical (unpaired) electrons. The summed E-state index contributed by atoms with van der Waals surface area (Å²) in [6.45, 7) is 3.91. The standard InChI is InChI=1S/C14H21NO.C2H2O4/c1-16-14-5-3-2-4-12(14)13-10-15-8-6-11(13)7-9-15;3-1(4)2(5)6/h2-4,11,13-14H,5-10H2,1H3;(H,3,4)(H,5,6). The van der Waals surface area contributed by atoms with Gasteiger partial charge in [0.2, 0.25) is 0 Å². The molecule has 6 nitrogen and oxygen atoms in total. The lowest BCUT2D eigenvalue weighted by Gasteiger charge is -2.47. The van der Waals surface area contributed by atoms with Crippen LogP contribution in [0.5, 0.6) is 0 Å². The third-order valence-corrected chi connectivity index (χ3v) is 4.70. The van der Waals surface area contributed by atoms with Gasteiger partial charge in [-0.3, -0.25) is 0 Å². The van der Waals surface area contributed by atoms with Gasteiger partial charge in [-0.15, -0.1) is 0 Å². The Morgan fingerprint density at radius 3 is 2.32 bits per heavy atom. The number of rotatable bonds is 2. The molecule has 3 aliphatic heterocycles. The largest absolute Gasteiger partial charge is 0.473 e. The number of aliphatic carboxylic acids is 2. The number of carbonyl (C=O) groups is 2. The summed E-state index contributed by atoms with van der Waals surface area (Å²) >= 11 is 0. The SMILES string of the molecule is COC1CC=CC=C1C1CN2CCC1CC2.O=C(O)C(=O)O. The fourth-order valence-corrected chi connectivity index (χ4v) is 3.56. The van der Waals surface area contributed by atoms with Gasteiger partial charge in [0.15, 0.2) is 0 Å². The summed E-state index contributed by atoms with van der Waals surface area (Å²) < 4.78 is 5.63. The third-order valence-electron chi connectivity index (χ3n) is 4.70. The Bertz CT molecular complexity index is 465. The molecule has 4 rings (SSSR count). The van der Waals surface area contributed by atoms with Crippen molar-refractivity contribution in [1.82, 2.24) is 4.90 Å². The smallest absolute Gasteiger partial charge is 0.414 e. The maximum Gasteiger partial charge on any atom is 0.414 e. The molecule has 0 aromatic heterocycles. The maximum absolute atomic E-state index is 9.10. The first kappa shape index (κ1) is 16.7. The predicted molar refractivity (Wildman–Crippen MR) is 80.6 cm³/mol. The minimum absolute atomic E-state index is 0.343. The molecule has 1 aliphatic carbocycles. The lowest BCUT2D eigenvalue weighted by atomic mass is 9.72. The van der Waals surface area contributed by atoms with E-state index in [9.17, 15) is 0 Å². The van der Waals surface area contributed by atoms with Crippen molar-refractivity contribution >= 4 is 11.9 Å². The Hall–Kier alpha value is -1.66. The van der Waals surface area contributed by atoms with Crippen molar-refractivity contribution in [1.29, 1.82) is 0 Å². The number of carboxylic acids is 2. The quantitative estimate of drug-likeness (QED) is 0.750.